The number of aliphatic hydroxyl groups is 1. The highest BCUT2D eigenvalue weighted by atomic mass is 19.1. The molecule has 2 atom stereocenters. The smallest absolute Gasteiger partial charge is 0.249 e. The van der Waals surface area contributed by atoms with E-state index in [1.54, 1.807) is 31.2 Å². The van der Waals surface area contributed by atoms with Crippen LogP contribution in [0.2, 0.25) is 0 Å². The maximum absolute atomic E-state index is 13.3. The van der Waals surface area contributed by atoms with Gasteiger partial charge in [0.25, 0.3) is 0 Å². The minimum atomic E-state index is -1.32. The van der Waals surface area contributed by atoms with Gasteiger partial charge in [0.2, 0.25) is 11.8 Å². The number of amides is 2. The highest BCUT2D eigenvalue weighted by Crippen LogP contribution is 2.10. The largest absolute Gasteiger partial charge is 0.384 e. The zero-order valence-corrected chi connectivity index (χ0v) is 18.3. The number of aliphatic hydroxyl groups excluding tert-OH is 1. The van der Waals surface area contributed by atoms with Gasteiger partial charge < -0.3 is 21.5 Å². The molecule has 0 aliphatic rings. The van der Waals surface area contributed by atoms with Gasteiger partial charge in [0.15, 0.2) is 0 Å². The highest BCUT2D eigenvalue weighted by Gasteiger charge is 2.25. The summed E-state index contributed by atoms with van der Waals surface area (Å²) in [5.74, 6) is -1.10. The summed E-state index contributed by atoms with van der Waals surface area (Å²) < 4.78 is 13.3. The van der Waals surface area contributed by atoms with Crippen LogP contribution in [0.1, 0.15) is 22.4 Å². The summed E-state index contributed by atoms with van der Waals surface area (Å²) in [5, 5.41) is 15.8. The van der Waals surface area contributed by atoms with Gasteiger partial charge in [-0.1, -0.05) is 48.5 Å². The third-order valence-corrected chi connectivity index (χ3v) is 5.23. The van der Waals surface area contributed by atoms with Gasteiger partial charge in [0, 0.05) is 25.1 Å². The molecule has 2 amide bonds. The molecule has 0 fully saturated rings. The molecule has 0 bridgehead atoms. The topological polar surface area (TPSA) is 117 Å². The van der Waals surface area contributed by atoms with E-state index in [1.807, 2.05) is 30.3 Å². The summed E-state index contributed by atoms with van der Waals surface area (Å²) in [4.78, 5) is 29.8. The van der Waals surface area contributed by atoms with Crippen molar-refractivity contribution >= 4 is 17.6 Å². The minimum absolute atomic E-state index is 0.119. The van der Waals surface area contributed by atoms with Crippen LogP contribution >= 0.6 is 0 Å². The average molecular weight is 451 g/mol. The second-order valence-corrected chi connectivity index (χ2v) is 7.80. The molecule has 1 heterocycles. The van der Waals surface area contributed by atoms with E-state index in [0.29, 0.717) is 17.1 Å². The predicted molar refractivity (Wildman–Crippen MR) is 123 cm³/mol. The summed E-state index contributed by atoms with van der Waals surface area (Å²) in [5.41, 5.74) is 8.61. The molecule has 0 aliphatic carbocycles. The number of halogens is 1. The normalized spacial score (nSPS) is 12.6. The number of nitrogens with zero attached hydrogens (tertiary/aromatic N) is 1. The Morgan fingerprint density at radius 3 is 2.30 bits per heavy atom. The Kier molecular flexibility index (Phi) is 8.10. The first-order chi connectivity index (χ1) is 15.8. The molecule has 0 aliphatic heterocycles. The first kappa shape index (κ1) is 23.9. The molecular weight excluding hydrogens is 423 g/mol. The van der Waals surface area contributed by atoms with Gasteiger partial charge in [-0.25, -0.2) is 9.37 Å². The summed E-state index contributed by atoms with van der Waals surface area (Å²) >= 11 is 0. The number of anilines is 1. The predicted octanol–water partition coefficient (Wildman–Crippen LogP) is 2.06. The van der Waals surface area contributed by atoms with Gasteiger partial charge in [-0.2, -0.15) is 0 Å². The molecule has 5 N–H and O–H groups in total. The number of benzene rings is 2. The van der Waals surface area contributed by atoms with Crippen molar-refractivity contribution in [3.05, 3.63) is 94.9 Å². The van der Waals surface area contributed by atoms with Gasteiger partial charge in [0.05, 0.1) is 0 Å². The number of aromatic nitrogens is 1. The summed E-state index contributed by atoms with van der Waals surface area (Å²) in [6, 6.07) is 17.2. The van der Waals surface area contributed by atoms with E-state index in [2.05, 4.69) is 15.6 Å². The second kappa shape index (κ2) is 11.2. The van der Waals surface area contributed by atoms with Crippen molar-refractivity contribution in [1.29, 1.82) is 0 Å². The fourth-order valence-electron chi connectivity index (χ4n) is 3.37. The Hall–Kier alpha value is -3.78. The molecule has 0 saturated heterocycles. The average Bonchev–Trinajstić information content (AvgIpc) is 2.80. The summed E-state index contributed by atoms with van der Waals surface area (Å²) in [6.07, 6.45) is -1.07. The molecule has 3 aromatic rings. The third-order valence-electron chi connectivity index (χ3n) is 5.23. The fraction of sp³-hybridized carbons (Fsp3) is 0.240. The van der Waals surface area contributed by atoms with Crippen LogP contribution in [0.3, 0.4) is 0 Å². The van der Waals surface area contributed by atoms with Gasteiger partial charge in [-0.3, -0.25) is 9.59 Å². The number of nitrogens with two attached hydrogens (primary N) is 1. The Labute approximate surface area is 191 Å². The van der Waals surface area contributed by atoms with Crippen LogP contribution in [0.4, 0.5) is 10.2 Å². The summed E-state index contributed by atoms with van der Waals surface area (Å²) in [6.45, 7) is 1.98. The van der Waals surface area contributed by atoms with E-state index in [1.165, 1.54) is 12.1 Å². The van der Waals surface area contributed by atoms with Gasteiger partial charge in [-0.05, 0) is 41.8 Å². The van der Waals surface area contributed by atoms with Crippen molar-refractivity contribution in [2.24, 2.45) is 0 Å². The van der Waals surface area contributed by atoms with Crippen LogP contribution in [0.5, 0.6) is 0 Å². The fourth-order valence-corrected chi connectivity index (χ4v) is 3.37. The second-order valence-electron chi connectivity index (χ2n) is 7.80. The zero-order chi connectivity index (χ0) is 23.8. The first-order valence-corrected chi connectivity index (χ1v) is 10.6. The van der Waals surface area contributed by atoms with Crippen molar-refractivity contribution in [2.75, 3.05) is 5.73 Å². The standard InChI is InChI=1S/C25H27FN4O3/c1-16-19(9-12-23(27)29-16)15-28-24(32)21(13-18-7-10-20(26)11-8-18)30-25(33)22(31)14-17-5-3-2-4-6-17/h2-12,21-22,31H,13-15H2,1H3,(H2,27,29)(H,28,32)(H,30,33)/t21-,22+/m0/s1. The number of carbonyl (C=O) groups excluding carboxylic acids is 2. The lowest BCUT2D eigenvalue weighted by atomic mass is 10.0. The zero-order valence-electron chi connectivity index (χ0n) is 18.3. The van der Waals surface area contributed by atoms with Crippen molar-refractivity contribution in [3.8, 4) is 0 Å². The van der Waals surface area contributed by atoms with E-state index in [-0.39, 0.29) is 19.4 Å². The highest BCUT2D eigenvalue weighted by molar-refractivity contribution is 5.89. The molecule has 0 saturated carbocycles. The van der Waals surface area contributed by atoms with Gasteiger partial charge in [0.1, 0.15) is 23.8 Å². The molecule has 33 heavy (non-hydrogen) atoms. The molecule has 2 aromatic carbocycles. The van der Waals surface area contributed by atoms with Crippen molar-refractivity contribution in [2.45, 2.75) is 38.5 Å². The van der Waals surface area contributed by atoms with E-state index in [0.717, 1.165) is 11.1 Å². The SMILES string of the molecule is Cc1nc(N)ccc1CNC(=O)[C@H](Cc1ccc(F)cc1)NC(=O)[C@H](O)Cc1ccccc1. The number of pyridine rings is 1. The van der Waals surface area contributed by atoms with Crippen LogP contribution in [0.25, 0.3) is 0 Å². The molecule has 7 nitrogen and oxygen atoms in total. The molecular formula is C25H27FN4O3. The van der Waals surface area contributed by atoms with E-state index >= 15 is 0 Å². The van der Waals surface area contributed by atoms with Crippen LogP contribution in [-0.4, -0.2) is 34.1 Å². The van der Waals surface area contributed by atoms with Crippen LogP contribution in [-0.2, 0) is 29.0 Å². The first-order valence-electron chi connectivity index (χ1n) is 10.6. The van der Waals surface area contributed by atoms with Gasteiger partial charge in [-0.15, -0.1) is 0 Å². The molecule has 8 heteroatoms. The Morgan fingerprint density at radius 2 is 1.64 bits per heavy atom. The molecule has 0 spiro atoms. The quantitative estimate of drug-likeness (QED) is 0.398. The maximum Gasteiger partial charge on any atom is 0.249 e. The van der Waals surface area contributed by atoms with E-state index < -0.39 is 29.8 Å². The number of rotatable bonds is 9. The molecule has 3 rings (SSSR count). The molecule has 0 radical (unpaired) electrons. The number of nitrogens with one attached hydrogen (secondary N) is 2. The maximum atomic E-state index is 13.3. The Bertz CT molecular complexity index is 1090. The lowest BCUT2D eigenvalue weighted by Gasteiger charge is -2.21. The van der Waals surface area contributed by atoms with Crippen LogP contribution in [0, 0.1) is 12.7 Å². The van der Waals surface area contributed by atoms with Crippen LogP contribution < -0.4 is 16.4 Å². The Morgan fingerprint density at radius 1 is 0.970 bits per heavy atom. The Balaban J connectivity index is 1.69. The molecule has 172 valence electrons. The molecule has 0 unspecified atom stereocenters. The number of carbonyl (C=O) groups is 2. The van der Waals surface area contributed by atoms with Crippen molar-refractivity contribution < 1.29 is 19.1 Å². The lowest BCUT2D eigenvalue weighted by Crippen LogP contribution is -2.51. The van der Waals surface area contributed by atoms with Gasteiger partial charge >= 0.3 is 0 Å². The number of hydrogen-bond donors (Lipinski definition) is 4. The van der Waals surface area contributed by atoms with E-state index in [4.69, 9.17) is 5.73 Å². The molecule has 1 aromatic heterocycles. The lowest BCUT2D eigenvalue weighted by molar-refractivity contribution is -0.134. The number of hydrogen-bond acceptors (Lipinski definition) is 5. The minimum Gasteiger partial charge on any atom is -0.384 e. The third kappa shape index (κ3) is 7.11. The monoisotopic (exact) mass is 450 g/mol. The number of aryl methyl sites for hydroxylation is 1. The van der Waals surface area contributed by atoms with Crippen molar-refractivity contribution in [1.82, 2.24) is 15.6 Å². The van der Waals surface area contributed by atoms with Crippen molar-refractivity contribution in [3.63, 3.8) is 0 Å². The summed E-state index contributed by atoms with van der Waals surface area (Å²) in [7, 11) is 0. The number of nitrogen functional groups attached to an aromatic ring is 1. The van der Waals surface area contributed by atoms with Crippen LogP contribution in [0.15, 0.2) is 66.7 Å². The van der Waals surface area contributed by atoms with E-state index in [9.17, 15) is 19.1 Å².